The number of aromatic nitrogens is 1. The Morgan fingerprint density at radius 3 is 2.69 bits per heavy atom. The number of halogens is 1. The smallest absolute Gasteiger partial charge is 0.243 e. The van der Waals surface area contributed by atoms with Crippen LogP contribution in [0.15, 0.2) is 53.6 Å². The van der Waals surface area contributed by atoms with Crippen LogP contribution in [0.3, 0.4) is 0 Å². The van der Waals surface area contributed by atoms with Crippen molar-refractivity contribution in [3.8, 4) is 11.5 Å². The normalized spacial score (nSPS) is 20.0. The van der Waals surface area contributed by atoms with Crippen molar-refractivity contribution >= 4 is 34.6 Å². The van der Waals surface area contributed by atoms with Gasteiger partial charge < -0.3 is 9.47 Å². The van der Waals surface area contributed by atoms with E-state index in [4.69, 9.17) is 21.1 Å². The summed E-state index contributed by atoms with van der Waals surface area (Å²) in [6.07, 6.45) is 2.36. The number of carbonyl (C=O) groups is 1. The number of hydrazone groups is 1. The van der Waals surface area contributed by atoms with Gasteiger partial charge in [-0.05, 0) is 30.0 Å². The molecule has 2 atom stereocenters. The summed E-state index contributed by atoms with van der Waals surface area (Å²) in [6, 6.07) is 15.6. The minimum Gasteiger partial charge on any atom is -0.486 e. The van der Waals surface area contributed by atoms with Crippen LogP contribution in [-0.4, -0.2) is 30.3 Å². The number of carbonyl (C=O) groups excluding carboxylic acids is 1. The first kappa shape index (κ1) is 17.9. The van der Waals surface area contributed by atoms with Gasteiger partial charge in [-0.2, -0.15) is 5.10 Å². The number of ether oxygens (including phenoxy) is 2. The maximum Gasteiger partial charge on any atom is 0.243 e. The lowest BCUT2D eigenvalue weighted by Crippen LogP contribution is -2.20. The lowest BCUT2D eigenvalue weighted by atomic mass is 10.1. The predicted molar refractivity (Wildman–Crippen MR) is 111 cm³/mol. The number of nitrogens with zero attached hydrogens (tertiary/aromatic N) is 2. The number of pyridine rings is 1. The number of benzene rings is 2. The summed E-state index contributed by atoms with van der Waals surface area (Å²) in [4.78, 5) is 16.7. The van der Waals surface area contributed by atoms with E-state index in [1.807, 2.05) is 36.4 Å². The fourth-order valence-electron chi connectivity index (χ4n) is 3.60. The summed E-state index contributed by atoms with van der Waals surface area (Å²) in [5, 5.41) is 5.25. The molecule has 2 aliphatic rings. The van der Waals surface area contributed by atoms with E-state index >= 15 is 0 Å². The molecule has 1 amide bonds. The molecule has 7 heteroatoms. The number of rotatable bonds is 4. The second-order valence-electron chi connectivity index (χ2n) is 7.15. The average molecular weight is 408 g/mol. The van der Waals surface area contributed by atoms with Crippen LogP contribution in [0.5, 0.6) is 11.5 Å². The third kappa shape index (κ3) is 3.63. The van der Waals surface area contributed by atoms with Crippen LogP contribution in [0.4, 0.5) is 0 Å². The first-order valence-electron chi connectivity index (χ1n) is 9.47. The van der Waals surface area contributed by atoms with E-state index in [9.17, 15) is 4.79 Å². The number of hydrogen-bond donors (Lipinski definition) is 1. The van der Waals surface area contributed by atoms with Gasteiger partial charge in [0, 0.05) is 22.9 Å². The van der Waals surface area contributed by atoms with Crippen LogP contribution >= 0.6 is 11.6 Å². The van der Waals surface area contributed by atoms with Crippen molar-refractivity contribution in [1.82, 2.24) is 10.4 Å². The van der Waals surface area contributed by atoms with E-state index in [0.717, 1.165) is 11.8 Å². The van der Waals surface area contributed by atoms with Gasteiger partial charge in [-0.15, -0.1) is 0 Å². The average Bonchev–Trinajstić information content (AvgIpc) is 3.54. The Hall–Kier alpha value is -3.12. The molecule has 6 nitrogen and oxygen atoms in total. The highest BCUT2D eigenvalue weighted by Gasteiger charge is 2.43. The summed E-state index contributed by atoms with van der Waals surface area (Å²) >= 11 is 6.29. The molecular formula is C22H18ClN3O3. The molecule has 1 aliphatic carbocycles. The molecule has 2 heterocycles. The Balaban J connectivity index is 1.29. The maximum absolute atomic E-state index is 12.3. The van der Waals surface area contributed by atoms with Crippen molar-refractivity contribution in [2.24, 2.45) is 11.0 Å². The lowest BCUT2D eigenvalue weighted by molar-refractivity contribution is -0.122. The molecule has 1 fully saturated rings. The Kier molecular flexibility index (Phi) is 4.56. The number of hydrogen-bond acceptors (Lipinski definition) is 5. The highest BCUT2D eigenvalue weighted by Crippen LogP contribution is 2.47. The summed E-state index contributed by atoms with van der Waals surface area (Å²) in [5.41, 5.74) is 5.13. The highest BCUT2D eigenvalue weighted by molar-refractivity contribution is 6.32. The largest absolute Gasteiger partial charge is 0.486 e. The zero-order valence-corrected chi connectivity index (χ0v) is 16.2. The first-order chi connectivity index (χ1) is 14.2. The molecule has 0 saturated heterocycles. The van der Waals surface area contributed by atoms with Crippen molar-refractivity contribution in [1.29, 1.82) is 0 Å². The monoisotopic (exact) mass is 407 g/mol. The maximum atomic E-state index is 12.3. The first-order valence-corrected chi connectivity index (χ1v) is 9.84. The van der Waals surface area contributed by atoms with Gasteiger partial charge in [-0.25, -0.2) is 10.4 Å². The second kappa shape index (κ2) is 7.37. The van der Waals surface area contributed by atoms with E-state index in [1.54, 1.807) is 0 Å². The summed E-state index contributed by atoms with van der Waals surface area (Å²) in [7, 11) is 0. The van der Waals surface area contributed by atoms with E-state index in [0.29, 0.717) is 40.9 Å². The zero-order valence-electron chi connectivity index (χ0n) is 15.5. The van der Waals surface area contributed by atoms with E-state index < -0.39 is 0 Å². The number of amides is 1. The molecule has 1 N–H and O–H groups in total. The molecule has 0 radical (unpaired) electrons. The van der Waals surface area contributed by atoms with Crippen molar-refractivity contribution in [2.45, 2.75) is 12.3 Å². The molecule has 1 aliphatic heterocycles. The molecule has 29 heavy (non-hydrogen) atoms. The fraction of sp³-hybridized carbons (Fsp3) is 0.227. The minimum absolute atomic E-state index is 0.0385. The van der Waals surface area contributed by atoms with Crippen molar-refractivity contribution in [3.05, 3.63) is 64.8 Å². The Morgan fingerprint density at radius 2 is 1.90 bits per heavy atom. The van der Waals surface area contributed by atoms with Crippen LogP contribution in [0.1, 0.15) is 23.5 Å². The highest BCUT2D eigenvalue weighted by atomic mass is 35.5. The van der Waals surface area contributed by atoms with Crippen molar-refractivity contribution in [2.75, 3.05) is 13.2 Å². The van der Waals surface area contributed by atoms with Gasteiger partial charge in [0.25, 0.3) is 0 Å². The predicted octanol–water partition coefficient (Wildman–Crippen LogP) is 3.91. The van der Waals surface area contributed by atoms with Crippen LogP contribution in [0.25, 0.3) is 10.9 Å². The molecule has 1 saturated carbocycles. The van der Waals surface area contributed by atoms with Crippen molar-refractivity contribution < 1.29 is 14.3 Å². The summed E-state index contributed by atoms with van der Waals surface area (Å²) in [5.74, 6) is 1.50. The minimum atomic E-state index is -0.0837. The molecular weight excluding hydrogens is 390 g/mol. The third-order valence-electron chi connectivity index (χ3n) is 5.19. The van der Waals surface area contributed by atoms with Crippen LogP contribution in [-0.2, 0) is 4.79 Å². The second-order valence-corrected chi connectivity index (χ2v) is 7.51. The van der Waals surface area contributed by atoms with Crippen LogP contribution in [0.2, 0.25) is 5.15 Å². The zero-order chi connectivity index (χ0) is 19.8. The molecule has 0 bridgehead atoms. The van der Waals surface area contributed by atoms with Gasteiger partial charge in [0.2, 0.25) is 5.91 Å². The standard InChI is InChI=1S/C22H18ClN3O3/c23-21-15(8-14-9-19-20(11-18(14)25-21)29-7-6-28-19)12-24-26-22(27)17-10-16(17)13-4-2-1-3-5-13/h1-5,8-9,11-12,16-17H,6-7,10H2,(H,26,27)/b24-12-/t16-,17+/m1/s1. The number of fused-ring (bicyclic) bond motifs is 2. The lowest BCUT2D eigenvalue weighted by Gasteiger charge is -2.18. The molecule has 146 valence electrons. The summed E-state index contributed by atoms with van der Waals surface area (Å²) in [6.45, 7) is 1.04. The SMILES string of the molecule is O=C(N/N=C\c1cc2cc3c(cc2nc1Cl)OCCO3)[C@H]1C[C@@H]1c1ccccc1. The third-order valence-corrected chi connectivity index (χ3v) is 5.50. The van der Waals surface area contributed by atoms with E-state index in [1.165, 1.54) is 11.8 Å². The molecule has 3 aromatic rings. The van der Waals surface area contributed by atoms with Crippen molar-refractivity contribution in [3.63, 3.8) is 0 Å². The molecule has 5 rings (SSSR count). The number of nitrogens with one attached hydrogen (secondary N) is 1. The molecule has 1 aromatic heterocycles. The van der Waals surface area contributed by atoms with Crippen LogP contribution in [0, 0.1) is 5.92 Å². The Bertz CT molecular complexity index is 1120. The Labute approximate surface area is 172 Å². The van der Waals surface area contributed by atoms with E-state index in [2.05, 4.69) is 27.6 Å². The van der Waals surface area contributed by atoms with Gasteiger partial charge in [0.15, 0.2) is 11.5 Å². The van der Waals surface area contributed by atoms with Gasteiger partial charge in [0.1, 0.15) is 18.4 Å². The topological polar surface area (TPSA) is 72.8 Å². The van der Waals surface area contributed by atoms with Gasteiger partial charge in [-0.3, -0.25) is 4.79 Å². The van der Waals surface area contributed by atoms with Gasteiger partial charge in [-0.1, -0.05) is 41.9 Å². The molecule has 0 unspecified atom stereocenters. The van der Waals surface area contributed by atoms with Gasteiger partial charge in [0.05, 0.1) is 11.7 Å². The van der Waals surface area contributed by atoms with Crippen LogP contribution < -0.4 is 14.9 Å². The Morgan fingerprint density at radius 1 is 1.14 bits per heavy atom. The molecule has 2 aromatic carbocycles. The van der Waals surface area contributed by atoms with E-state index in [-0.39, 0.29) is 17.7 Å². The quantitative estimate of drug-likeness (QED) is 0.404. The molecule has 0 spiro atoms. The summed E-state index contributed by atoms with van der Waals surface area (Å²) < 4.78 is 11.2. The van der Waals surface area contributed by atoms with Gasteiger partial charge >= 0.3 is 0 Å². The fourth-order valence-corrected chi connectivity index (χ4v) is 3.79.